The molecule has 2 aromatic heterocycles. The van der Waals surface area contributed by atoms with Crippen molar-refractivity contribution >= 4 is 53.3 Å². The molecular weight excluding hydrogens is 346 g/mol. The molecule has 1 nitrogen and oxygen atoms in total. The monoisotopic (exact) mass is 363 g/mol. The van der Waals surface area contributed by atoms with Gasteiger partial charge in [-0.1, -0.05) is 66.7 Å². The molecule has 0 radical (unpaired) electrons. The van der Waals surface area contributed by atoms with Crippen molar-refractivity contribution in [3.63, 3.8) is 0 Å². The van der Waals surface area contributed by atoms with Gasteiger partial charge in [0.2, 0.25) is 0 Å². The van der Waals surface area contributed by atoms with Crippen LogP contribution in [0.5, 0.6) is 0 Å². The smallest absolute Gasteiger partial charge is 0.0568 e. The number of hydrogen-bond donors (Lipinski definition) is 0. The van der Waals surface area contributed by atoms with Crippen molar-refractivity contribution in [2.45, 2.75) is 0 Å². The molecule has 2 heterocycles. The predicted octanol–water partition coefficient (Wildman–Crippen LogP) is 7.37. The highest BCUT2D eigenvalue weighted by atomic mass is 32.1. The Hall–Kier alpha value is -3.10. The highest BCUT2D eigenvalue weighted by Crippen LogP contribution is 2.41. The summed E-state index contributed by atoms with van der Waals surface area (Å²) in [5.41, 5.74) is 5.16. The van der Waals surface area contributed by atoms with Gasteiger partial charge in [-0.3, -0.25) is 0 Å². The minimum atomic E-state index is 1.27. The summed E-state index contributed by atoms with van der Waals surface area (Å²) >= 11 is 1.89. The van der Waals surface area contributed by atoms with E-state index < -0.39 is 0 Å². The minimum absolute atomic E-state index is 1.27. The van der Waals surface area contributed by atoms with Crippen molar-refractivity contribution in [1.82, 2.24) is 4.57 Å². The topological polar surface area (TPSA) is 4.93 Å². The third-order valence-corrected chi connectivity index (χ3v) is 6.74. The van der Waals surface area contributed by atoms with Crippen LogP contribution in [-0.2, 0) is 7.05 Å². The van der Waals surface area contributed by atoms with Gasteiger partial charge in [0.25, 0.3) is 0 Å². The maximum Gasteiger partial charge on any atom is 0.0568 e. The predicted molar refractivity (Wildman–Crippen MR) is 119 cm³/mol. The largest absolute Gasteiger partial charge is 0.343 e. The van der Waals surface area contributed by atoms with E-state index >= 15 is 0 Å². The van der Waals surface area contributed by atoms with E-state index in [9.17, 15) is 0 Å². The zero-order valence-electron chi connectivity index (χ0n) is 14.9. The number of hydrogen-bond acceptors (Lipinski definition) is 1. The molecule has 6 rings (SSSR count). The first-order valence-corrected chi connectivity index (χ1v) is 10.0. The molecule has 0 saturated carbocycles. The summed E-state index contributed by atoms with van der Waals surface area (Å²) in [6.07, 6.45) is 0. The molecule has 2 heteroatoms. The number of rotatable bonds is 1. The third kappa shape index (κ3) is 2.05. The highest BCUT2D eigenvalue weighted by Gasteiger charge is 2.15. The van der Waals surface area contributed by atoms with Crippen LogP contribution in [0.15, 0.2) is 84.9 Å². The summed E-state index contributed by atoms with van der Waals surface area (Å²) in [7, 11) is 2.19. The van der Waals surface area contributed by atoms with Gasteiger partial charge in [-0.05, 0) is 23.8 Å². The van der Waals surface area contributed by atoms with E-state index in [1.807, 2.05) is 11.3 Å². The normalized spacial score (nSPS) is 11.9. The fourth-order valence-electron chi connectivity index (χ4n) is 4.35. The lowest BCUT2D eigenvalue weighted by Crippen LogP contribution is -1.89. The molecule has 0 N–H and O–H groups in total. The van der Waals surface area contributed by atoms with Crippen LogP contribution in [-0.4, -0.2) is 4.57 Å². The molecule has 128 valence electrons. The Labute approximate surface area is 161 Å². The molecule has 0 aliphatic heterocycles. The van der Waals surface area contributed by atoms with Crippen molar-refractivity contribution in [2.24, 2.45) is 7.05 Å². The molecule has 0 bridgehead atoms. The van der Waals surface area contributed by atoms with E-state index in [-0.39, 0.29) is 0 Å². The Bertz CT molecular complexity index is 1470. The molecular formula is C25H17NS. The second-order valence-electron chi connectivity index (χ2n) is 7.09. The number of fused-ring (bicyclic) bond motifs is 6. The van der Waals surface area contributed by atoms with E-state index in [0.29, 0.717) is 0 Å². The van der Waals surface area contributed by atoms with Gasteiger partial charge in [0.15, 0.2) is 0 Å². The number of para-hydroxylation sites is 1. The van der Waals surface area contributed by atoms with Crippen LogP contribution in [0.2, 0.25) is 0 Å². The van der Waals surface area contributed by atoms with E-state index in [0.717, 1.165) is 0 Å². The summed E-state index contributed by atoms with van der Waals surface area (Å²) in [6.45, 7) is 0. The van der Waals surface area contributed by atoms with Gasteiger partial charge in [-0.2, -0.15) is 0 Å². The zero-order valence-corrected chi connectivity index (χ0v) is 15.8. The molecule has 0 saturated heterocycles. The molecule has 6 aromatic rings. The molecule has 0 spiro atoms. The molecule has 0 atom stereocenters. The number of nitrogens with zero attached hydrogens (tertiary/aromatic N) is 1. The van der Waals surface area contributed by atoms with Gasteiger partial charge in [-0.25, -0.2) is 0 Å². The standard InChI is InChI=1S/C25H17NS/c1-26-22-14-21-18-10-5-6-13-23(18)27-24(21)15-20(22)19-12-7-11-17(25(19)26)16-8-3-2-4-9-16/h2-15H,1H3. The molecule has 4 aromatic carbocycles. The lowest BCUT2D eigenvalue weighted by atomic mass is 10.0. The van der Waals surface area contributed by atoms with E-state index in [1.54, 1.807) is 0 Å². The minimum Gasteiger partial charge on any atom is -0.343 e. The van der Waals surface area contributed by atoms with E-state index in [1.165, 1.54) is 53.1 Å². The zero-order chi connectivity index (χ0) is 18.0. The average Bonchev–Trinajstić information content (AvgIpc) is 3.23. The van der Waals surface area contributed by atoms with Gasteiger partial charge in [0.1, 0.15) is 0 Å². The first kappa shape index (κ1) is 15.0. The van der Waals surface area contributed by atoms with Gasteiger partial charge < -0.3 is 4.57 Å². The van der Waals surface area contributed by atoms with Crippen LogP contribution >= 0.6 is 11.3 Å². The molecule has 0 fully saturated rings. The third-order valence-electron chi connectivity index (χ3n) is 5.60. The van der Waals surface area contributed by atoms with Crippen LogP contribution in [0.25, 0.3) is 53.1 Å². The van der Waals surface area contributed by atoms with Crippen molar-refractivity contribution in [3.8, 4) is 11.1 Å². The fraction of sp³-hybridized carbons (Fsp3) is 0.0400. The first-order valence-electron chi connectivity index (χ1n) is 9.19. The lowest BCUT2D eigenvalue weighted by molar-refractivity contribution is 1.02. The molecule has 27 heavy (non-hydrogen) atoms. The highest BCUT2D eigenvalue weighted by molar-refractivity contribution is 7.25. The van der Waals surface area contributed by atoms with E-state index in [2.05, 4.69) is 96.5 Å². The Morgan fingerprint density at radius 3 is 2.30 bits per heavy atom. The Balaban J connectivity index is 1.78. The quantitative estimate of drug-likeness (QED) is 0.287. The first-order chi connectivity index (χ1) is 13.3. The summed E-state index contributed by atoms with van der Waals surface area (Å²) in [6, 6.07) is 30.8. The van der Waals surface area contributed by atoms with E-state index in [4.69, 9.17) is 0 Å². The van der Waals surface area contributed by atoms with Crippen molar-refractivity contribution in [2.75, 3.05) is 0 Å². The Morgan fingerprint density at radius 2 is 1.41 bits per heavy atom. The maximum atomic E-state index is 2.38. The molecule has 0 unspecified atom stereocenters. The second kappa shape index (κ2) is 5.45. The van der Waals surface area contributed by atoms with Crippen molar-refractivity contribution in [3.05, 3.63) is 84.9 Å². The van der Waals surface area contributed by atoms with Crippen LogP contribution < -0.4 is 0 Å². The number of benzene rings is 4. The van der Waals surface area contributed by atoms with Crippen LogP contribution in [0.1, 0.15) is 0 Å². The molecule has 0 amide bonds. The average molecular weight is 363 g/mol. The van der Waals surface area contributed by atoms with Crippen LogP contribution in [0, 0.1) is 0 Å². The van der Waals surface area contributed by atoms with Crippen LogP contribution in [0.4, 0.5) is 0 Å². The number of aryl methyl sites for hydroxylation is 1. The summed E-state index contributed by atoms with van der Waals surface area (Å²) in [5, 5.41) is 5.38. The maximum absolute atomic E-state index is 2.38. The Morgan fingerprint density at radius 1 is 0.630 bits per heavy atom. The van der Waals surface area contributed by atoms with Gasteiger partial charge in [0.05, 0.1) is 5.52 Å². The molecule has 0 aliphatic rings. The second-order valence-corrected chi connectivity index (χ2v) is 8.17. The van der Waals surface area contributed by atoms with Gasteiger partial charge >= 0.3 is 0 Å². The molecule has 0 aliphatic carbocycles. The fourth-order valence-corrected chi connectivity index (χ4v) is 5.47. The Kier molecular flexibility index (Phi) is 3.03. The van der Waals surface area contributed by atoms with Gasteiger partial charge in [0, 0.05) is 49.1 Å². The van der Waals surface area contributed by atoms with Crippen molar-refractivity contribution < 1.29 is 0 Å². The summed E-state index contributed by atoms with van der Waals surface area (Å²) in [5.74, 6) is 0. The summed E-state index contributed by atoms with van der Waals surface area (Å²) < 4.78 is 5.08. The lowest BCUT2D eigenvalue weighted by Gasteiger charge is -2.06. The number of thiophene rings is 1. The van der Waals surface area contributed by atoms with Crippen LogP contribution in [0.3, 0.4) is 0 Å². The van der Waals surface area contributed by atoms with Crippen molar-refractivity contribution in [1.29, 1.82) is 0 Å². The van der Waals surface area contributed by atoms with Gasteiger partial charge in [-0.15, -0.1) is 11.3 Å². The SMILES string of the molecule is Cn1c2cc3c(cc2c2cccc(-c4ccccc4)c21)sc1ccccc13. The summed E-state index contributed by atoms with van der Waals surface area (Å²) in [4.78, 5) is 0. The number of aromatic nitrogens is 1.